The topological polar surface area (TPSA) is 67.8 Å². The maximum atomic E-state index is 5.33. The van der Waals surface area contributed by atoms with Crippen LogP contribution in [0.5, 0.6) is 11.5 Å². The van der Waals surface area contributed by atoms with Crippen LogP contribution in [0.25, 0.3) is 0 Å². The van der Waals surface area contributed by atoms with Crippen molar-refractivity contribution in [2.24, 2.45) is 4.99 Å². The minimum absolute atomic E-state index is 0. The first-order valence-corrected chi connectivity index (χ1v) is 8.22. The first-order chi connectivity index (χ1) is 12.2. The molecule has 26 heavy (non-hydrogen) atoms. The predicted molar refractivity (Wildman–Crippen MR) is 116 cm³/mol. The van der Waals surface area contributed by atoms with Gasteiger partial charge in [0.05, 0.1) is 14.2 Å². The Bertz CT molecular complexity index is 722. The van der Waals surface area contributed by atoms with Crippen molar-refractivity contribution in [1.29, 1.82) is 0 Å². The molecule has 1 heterocycles. The molecule has 0 aliphatic rings. The van der Waals surface area contributed by atoms with Crippen LogP contribution in [-0.4, -0.2) is 38.8 Å². The second kappa shape index (κ2) is 11.6. The van der Waals surface area contributed by atoms with Crippen LogP contribution in [0, 0.1) is 6.92 Å². The van der Waals surface area contributed by atoms with Gasteiger partial charge in [0.25, 0.3) is 0 Å². The zero-order valence-electron chi connectivity index (χ0n) is 15.7. The molecule has 1 aromatic heterocycles. The van der Waals surface area contributed by atoms with E-state index in [1.807, 2.05) is 30.6 Å². The Morgan fingerprint density at radius 1 is 1.12 bits per heavy atom. The summed E-state index contributed by atoms with van der Waals surface area (Å²) in [5, 5.41) is 6.63. The molecule has 0 aliphatic heterocycles. The van der Waals surface area contributed by atoms with Crippen molar-refractivity contribution in [2.75, 3.05) is 27.8 Å². The maximum absolute atomic E-state index is 5.33. The van der Waals surface area contributed by atoms with Gasteiger partial charge in [0.15, 0.2) is 17.5 Å². The summed E-state index contributed by atoms with van der Waals surface area (Å²) in [5.41, 5.74) is 3.58. The summed E-state index contributed by atoms with van der Waals surface area (Å²) in [7, 11) is 5.03. The lowest BCUT2D eigenvalue weighted by Crippen LogP contribution is -2.37. The second-order valence-electron chi connectivity index (χ2n) is 5.59. The van der Waals surface area contributed by atoms with Gasteiger partial charge in [-0.25, -0.2) is 0 Å². The van der Waals surface area contributed by atoms with E-state index in [9.17, 15) is 0 Å². The van der Waals surface area contributed by atoms with Crippen molar-refractivity contribution in [3.8, 4) is 11.5 Å². The molecule has 142 valence electrons. The first-order valence-electron chi connectivity index (χ1n) is 8.22. The molecule has 0 saturated carbocycles. The highest BCUT2D eigenvalue weighted by Gasteiger charge is 2.05. The van der Waals surface area contributed by atoms with Gasteiger partial charge >= 0.3 is 0 Å². The highest BCUT2D eigenvalue weighted by atomic mass is 127. The van der Waals surface area contributed by atoms with Crippen LogP contribution in [0.2, 0.25) is 0 Å². The van der Waals surface area contributed by atoms with E-state index in [-0.39, 0.29) is 24.0 Å². The Hall–Kier alpha value is -2.03. The molecule has 2 N–H and O–H groups in total. The molecule has 0 aliphatic carbocycles. The van der Waals surface area contributed by atoms with Gasteiger partial charge in [-0.15, -0.1) is 24.0 Å². The van der Waals surface area contributed by atoms with E-state index in [0.29, 0.717) is 6.54 Å². The van der Waals surface area contributed by atoms with E-state index in [4.69, 9.17) is 9.47 Å². The molecule has 6 nitrogen and oxygen atoms in total. The Balaban J connectivity index is 0.00000338. The molecule has 0 unspecified atom stereocenters. The molecule has 0 radical (unpaired) electrons. The van der Waals surface area contributed by atoms with Crippen molar-refractivity contribution in [3.63, 3.8) is 0 Å². The van der Waals surface area contributed by atoms with Crippen LogP contribution in [0.1, 0.15) is 16.7 Å². The monoisotopic (exact) mass is 470 g/mol. The van der Waals surface area contributed by atoms with Gasteiger partial charge in [0, 0.05) is 32.5 Å². The number of ether oxygens (including phenoxy) is 2. The average Bonchev–Trinajstić information content (AvgIpc) is 2.65. The number of nitrogens with zero attached hydrogens (tertiary/aromatic N) is 2. The predicted octanol–water partition coefficient (Wildman–Crippen LogP) is 2.93. The normalized spacial score (nSPS) is 10.7. The molecule has 2 aromatic rings. The van der Waals surface area contributed by atoms with Gasteiger partial charge in [0.1, 0.15) is 0 Å². The number of benzene rings is 1. The highest BCUT2D eigenvalue weighted by Crippen LogP contribution is 2.27. The molecule has 0 atom stereocenters. The number of aliphatic imine (C=N–C) groups is 1. The van der Waals surface area contributed by atoms with Gasteiger partial charge in [0.2, 0.25) is 0 Å². The van der Waals surface area contributed by atoms with E-state index < -0.39 is 0 Å². The number of nitrogens with one attached hydrogen (secondary N) is 2. The maximum Gasteiger partial charge on any atom is 0.191 e. The van der Waals surface area contributed by atoms with Gasteiger partial charge in [-0.05, 0) is 48.2 Å². The van der Waals surface area contributed by atoms with Gasteiger partial charge in [-0.2, -0.15) is 0 Å². The van der Waals surface area contributed by atoms with E-state index in [1.165, 1.54) is 11.1 Å². The van der Waals surface area contributed by atoms with E-state index >= 15 is 0 Å². The van der Waals surface area contributed by atoms with Crippen LogP contribution in [0.4, 0.5) is 0 Å². The average molecular weight is 470 g/mol. The molecule has 0 amide bonds. The van der Waals surface area contributed by atoms with Crippen molar-refractivity contribution >= 4 is 29.9 Å². The molecule has 1 aromatic carbocycles. The van der Waals surface area contributed by atoms with Crippen molar-refractivity contribution < 1.29 is 9.47 Å². The summed E-state index contributed by atoms with van der Waals surface area (Å²) in [4.78, 5) is 8.38. The minimum atomic E-state index is 0. The fraction of sp³-hybridized carbons (Fsp3) is 0.368. The van der Waals surface area contributed by atoms with Gasteiger partial charge in [-0.3, -0.25) is 9.98 Å². The fourth-order valence-electron chi connectivity index (χ4n) is 2.50. The summed E-state index contributed by atoms with van der Waals surface area (Å²) in [6, 6.07) is 7.91. The lowest BCUT2D eigenvalue weighted by atomic mass is 10.1. The summed E-state index contributed by atoms with van der Waals surface area (Å²) in [5.74, 6) is 2.21. The summed E-state index contributed by atoms with van der Waals surface area (Å²) >= 11 is 0. The number of hydrogen-bond donors (Lipinski definition) is 2. The number of hydrogen-bond acceptors (Lipinski definition) is 4. The van der Waals surface area contributed by atoms with Crippen LogP contribution < -0.4 is 20.1 Å². The lowest BCUT2D eigenvalue weighted by Gasteiger charge is -2.14. The molecule has 0 bridgehead atoms. The molecular weight excluding hydrogens is 443 g/mol. The van der Waals surface area contributed by atoms with Crippen LogP contribution in [0.3, 0.4) is 0 Å². The number of aryl methyl sites for hydroxylation is 1. The fourth-order valence-corrected chi connectivity index (χ4v) is 2.50. The minimum Gasteiger partial charge on any atom is -0.493 e. The summed E-state index contributed by atoms with van der Waals surface area (Å²) in [6.07, 6.45) is 4.64. The molecule has 2 rings (SSSR count). The number of halogens is 1. The Morgan fingerprint density at radius 3 is 2.54 bits per heavy atom. The third kappa shape index (κ3) is 6.36. The smallest absolute Gasteiger partial charge is 0.191 e. The Labute approximate surface area is 172 Å². The second-order valence-corrected chi connectivity index (χ2v) is 5.59. The molecular formula is C19H27IN4O2. The van der Waals surface area contributed by atoms with Gasteiger partial charge in [-0.1, -0.05) is 6.07 Å². The zero-order valence-corrected chi connectivity index (χ0v) is 18.0. The Kier molecular flexibility index (Phi) is 9.79. The van der Waals surface area contributed by atoms with Crippen LogP contribution in [-0.2, 0) is 13.0 Å². The van der Waals surface area contributed by atoms with Crippen LogP contribution >= 0.6 is 24.0 Å². The van der Waals surface area contributed by atoms with E-state index in [2.05, 4.69) is 33.6 Å². The number of aromatic nitrogens is 1. The summed E-state index contributed by atoms with van der Waals surface area (Å²) < 4.78 is 10.6. The SMILES string of the molecule is CN=C(NCCc1ccncc1C)NCc1ccc(OC)c(OC)c1.I. The van der Waals surface area contributed by atoms with Gasteiger partial charge < -0.3 is 20.1 Å². The first kappa shape index (κ1) is 22.0. The van der Waals surface area contributed by atoms with Crippen LogP contribution in [0.15, 0.2) is 41.7 Å². The number of rotatable bonds is 7. The summed E-state index contributed by atoms with van der Waals surface area (Å²) in [6.45, 7) is 3.53. The van der Waals surface area contributed by atoms with Crippen molar-refractivity contribution in [1.82, 2.24) is 15.6 Å². The molecule has 0 spiro atoms. The lowest BCUT2D eigenvalue weighted by molar-refractivity contribution is 0.354. The third-order valence-corrected chi connectivity index (χ3v) is 3.95. The molecule has 7 heteroatoms. The highest BCUT2D eigenvalue weighted by molar-refractivity contribution is 14.0. The molecule has 0 saturated heterocycles. The number of pyridine rings is 1. The number of guanidine groups is 1. The van der Waals surface area contributed by atoms with Crippen molar-refractivity contribution in [2.45, 2.75) is 19.9 Å². The van der Waals surface area contributed by atoms with Crippen molar-refractivity contribution in [3.05, 3.63) is 53.3 Å². The van der Waals surface area contributed by atoms with E-state index in [1.54, 1.807) is 21.3 Å². The zero-order chi connectivity index (χ0) is 18.1. The third-order valence-electron chi connectivity index (χ3n) is 3.95. The standard InChI is InChI=1S/C19H26N4O2.HI/c1-14-12-21-9-7-16(14)8-10-22-19(20-2)23-13-15-5-6-17(24-3)18(11-15)25-4;/h5-7,9,11-12H,8,10,13H2,1-4H3,(H2,20,22,23);1H. The largest absolute Gasteiger partial charge is 0.493 e. The number of methoxy groups -OCH3 is 2. The molecule has 0 fully saturated rings. The quantitative estimate of drug-likeness (QED) is 0.370. The Morgan fingerprint density at radius 2 is 1.88 bits per heavy atom. The van der Waals surface area contributed by atoms with E-state index in [0.717, 1.165) is 36.0 Å².